The quantitative estimate of drug-likeness (QED) is 0.503. The number of allylic oxidation sites excluding steroid dienone is 1. The van der Waals surface area contributed by atoms with Crippen LogP contribution in [0.15, 0.2) is 11.9 Å². The predicted octanol–water partition coefficient (Wildman–Crippen LogP) is 3.62. The molecule has 0 aliphatic heterocycles. The first kappa shape index (κ1) is 14.6. The minimum Gasteiger partial charge on any atom is -0.396 e. The van der Waals surface area contributed by atoms with Gasteiger partial charge in [-0.1, -0.05) is 0 Å². The van der Waals surface area contributed by atoms with Crippen LogP contribution in [-0.4, -0.2) is 11.7 Å². The van der Waals surface area contributed by atoms with Crippen LogP contribution in [0.25, 0.3) is 5.83 Å². The lowest BCUT2D eigenvalue weighted by atomic mass is 10.1. The molecule has 0 atom stereocenters. The zero-order valence-corrected chi connectivity index (χ0v) is 8.91. The van der Waals surface area contributed by atoms with Crippen LogP contribution in [0, 0.1) is 23.3 Å². The van der Waals surface area contributed by atoms with Crippen molar-refractivity contribution in [3.63, 3.8) is 0 Å². The minimum atomic E-state index is -2.21. The smallest absolute Gasteiger partial charge is 0.198 e. The Morgan fingerprint density at radius 2 is 1.61 bits per heavy atom. The maximum absolute atomic E-state index is 13.3. The second-order valence-electron chi connectivity index (χ2n) is 3.39. The molecule has 0 aromatic heterocycles. The van der Waals surface area contributed by atoms with Crippen LogP contribution in [-0.2, 0) is 0 Å². The fourth-order valence-corrected chi connectivity index (χ4v) is 1.22. The number of hydrogen-bond acceptors (Lipinski definition) is 1. The molecule has 1 rings (SSSR count). The number of aliphatic hydroxyl groups excluding tert-OH is 1. The molecular weight excluding hydrogens is 262 g/mol. The summed E-state index contributed by atoms with van der Waals surface area (Å²) >= 11 is 0. The molecule has 7 heteroatoms. The first-order valence-electron chi connectivity index (χ1n) is 4.88. The van der Waals surface area contributed by atoms with Crippen molar-refractivity contribution in [1.82, 2.24) is 0 Å². The zero-order chi connectivity index (χ0) is 13.9. The molecule has 0 aliphatic carbocycles. The Hall–Kier alpha value is -1.50. The number of hydrogen-bond donors (Lipinski definition) is 1. The Morgan fingerprint density at radius 3 is 2.17 bits per heavy atom. The van der Waals surface area contributed by atoms with Crippen molar-refractivity contribution < 1.29 is 31.4 Å². The van der Waals surface area contributed by atoms with E-state index in [1.54, 1.807) is 0 Å². The van der Waals surface area contributed by atoms with Gasteiger partial charge in [0.25, 0.3) is 0 Å². The molecule has 0 spiro atoms. The Kier molecular flexibility index (Phi) is 4.77. The molecule has 1 aromatic carbocycles. The Labute approximate surface area is 98.4 Å². The number of benzene rings is 1. The van der Waals surface area contributed by atoms with Crippen LogP contribution < -0.4 is 0 Å². The highest BCUT2D eigenvalue weighted by molar-refractivity contribution is 5.61. The van der Waals surface area contributed by atoms with Crippen LogP contribution in [0.1, 0.15) is 18.4 Å². The summed E-state index contributed by atoms with van der Waals surface area (Å²) in [7, 11) is 0. The average molecular weight is 270 g/mol. The van der Waals surface area contributed by atoms with Gasteiger partial charge in [0.05, 0.1) is 5.56 Å². The summed E-state index contributed by atoms with van der Waals surface area (Å²) in [5.41, 5.74) is -1.33. The molecule has 0 unspecified atom stereocenters. The van der Waals surface area contributed by atoms with E-state index >= 15 is 0 Å². The summed E-state index contributed by atoms with van der Waals surface area (Å²) in [5, 5.41) is 8.39. The largest absolute Gasteiger partial charge is 0.396 e. The highest BCUT2D eigenvalue weighted by atomic mass is 19.2. The molecule has 0 amide bonds. The number of aliphatic hydroxyl groups is 1. The summed E-state index contributed by atoms with van der Waals surface area (Å²) in [5.74, 6) is -11.4. The molecule has 1 aromatic rings. The van der Waals surface area contributed by atoms with E-state index in [9.17, 15) is 26.3 Å². The summed E-state index contributed by atoms with van der Waals surface area (Å²) in [4.78, 5) is 0. The predicted molar refractivity (Wildman–Crippen MR) is 51.7 cm³/mol. The van der Waals surface area contributed by atoms with Crippen LogP contribution in [0.3, 0.4) is 0 Å². The third-order valence-electron chi connectivity index (χ3n) is 2.13. The third kappa shape index (κ3) is 2.84. The molecular formula is C11H8F6O. The van der Waals surface area contributed by atoms with E-state index in [2.05, 4.69) is 0 Å². The van der Waals surface area contributed by atoms with E-state index in [1.165, 1.54) is 0 Å². The van der Waals surface area contributed by atoms with Gasteiger partial charge in [0, 0.05) is 13.0 Å². The lowest BCUT2D eigenvalue weighted by molar-refractivity contribution is 0.284. The highest BCUT2D eigenvalue weighted by Gasteiger charge is 2.23. The van der Waals surface area contributed by atoms with Crippen LogP contribution >= 0.6 is 0 Å². The van der Waals surface area contributed by atoms with E-state index in [4.69, 9.17) is 5.11 Å². The molecule has 0 radical (unpaired) electrons. The fraction of sp³-hybridized carbons (Fsp3) is 0.273. The van der Waals surface area contributed by atoms with Crippen molar-refractivity contribution in [3.05, 3.63) is 40.7 Å². The molecule has 0 aliphatic rings. The van der Waals surface area contributed by atoms with Gasteiger partial charge in [0.1, 0.15) is 5.83 Å². The van der Waals surface area contributed by atoms with Crippen LogP contribution in [0.2, 0.25) is 0 Å². The average Bonchev–Trinajstić information content (AvgIpc) is 2.36. The van der Waals surface area contributed by atoms with Crippen molar-refractivity contribution in [2.45, 2.75) is 12.8 Å². The SMILES string of the molecule is OCCCC(F)=C(F)c1cc(F)c(F)c(F)c1F. The van der Waals surface area contributed by atoms with Gasteiger partial charge in [-0.25, -0.2) is 26.3 Å². The summed E-state index contributed by atoms with van der Waals surface area (Å²) in [6.07, 6.45) is -0.713. The summed E-state index contributed by atoms with van der Waals surface area (Å²) in [6, 6.07) is 0.0294. The Bertz CT molecular complexity index is 483. The molecule has 0 fully saturated rings. The zero-order valence-electron chi connectivity index (χ0n) is 8.91. The standard InChI is InChI=1S/C11H8F6O/c12-6(2-1-3-18)8(14)5-4-7(13)10(16)11(17)9(5)15/h4,18H,1-3H2. The first-order valence-corrected chi connectivity index (χ1v) is 4.88. The second-order valence-corrected chi connectivity index (χ2v) is 3.39. The van der Waals surface area contributed by atoms with E-state index < -0.39 is 53.5 Å². The molecule has 0 bridgehead atoms. The van der Waals surface area contributed by atoms with Gasteiger partial charge in [-0.2, -0.15) is 0 Å². The highest BCUT2D eigenvalue weighted by Crippen LogP contribution is 2.29. The first-order chi connectivity index (χ1) is 8.40. The Morgan fingerprint density at radius 1 is 1.00 bits per heavy atom. The van der Waals surface area contributed by atoms with Crippen LogP contribution in [0.5, 0.6) is 0 Å². The van der Waals surface area contributed by atoms with Crippen LogP contribution in [0.4, 0.5) is 26.3 Å². The minimum absolute atomic E-state index is 0.0294. The van der Waals surface area contributed by atoms with Gasteiger partial charge in [-0.05, 0) is 12.5 Å². The monoisotopic (exact) mass is 270 g/mol. The maximum Gasteiger partial charge on any atom is 0.198 e. The molecule has 0 saturated heterocycles. The lowest BCUT2D eigenvalue weighted by Gasteiger charge is -2.05. The van der Waals surface area contributed by atoms with E-state index in [0.29, 0.717) is 0 Å². The van der Waals surface area contributed by atoms with Gasteiger partial charge in [0.15, 0.2) is 29.1 Å². The fourth-order valence-electron chi connectivity index (χ4n) is 1.22. The number of halogens is 6. The van der Waals surface area contributed by atoms with E-state index in [0.717, 1.165) is 0 Å². The number of rotatable bonds is 4. The summed E-state index contributed by atoms with van der Waals surface area (Å²) in [6.45, 7) is -0.435. The maximum atomic E-state index is 13.3. The van der Waals surface area contributed by atoms with Gasteiger partial charge in [-0.15, -0.1) is 0 Å². The van der Waals surface area contributed by atoms with Gasteiger partial charge in [-0.3, -0.25) is 0 Å². The molecule has 1 N–H and O–H groups in total. The van der Waals surface area contributed by atoms with E-state index in [-0.39, 0.29) is 12.5 Å². The normalized spacial score (nSPS) is 12.6. The van der Waals surface area contributed by atoms with Gasteiger partial charge >= 0.3 is 0 Å². The molecule has 0 saturated carbocycles. The van der Waals surface area contributed by atoms with Crippen molar-refractivity contribution in [2.24, 2.45) is 0 Å². The summed E-state index contributed by atoms with van der Waals surface area (Å²) < 4.78 is 77.7. The van der Waals surface area contributed by atoms with Crippen molar-refractivity contribution in [2.75, 3.05) is 6.61 Å². The van der Waals surface area contributed by atoms with Crippen molar-refractivity contribution >= 4 is 5.83 Å². The van der Waals surface area contributed by atoms with Gasteiger partial charge < -0.3 is 5.11 Å². The van der Waals surface area contributed by atoms with E-state index in [1.807, 2.05) is 0 Å². The van der Waals surface area contributed by atoms with Gasteiger partial charge in [0.2, 0.25) is 0 Å². The Balaban J connectivity index is 3.25. The topological polar surface area (TPSA) is 20.2 Å². The third-order valence-corrected chi connectivity index (χ3v) is 2.13. The molecule has 1 nitrogen and oxygen atoms in total. The van der Waals surface area contributed by atoms with Crippen molar-refractivity contribution in [1.29, 1.82) is 0 Å². The molecule has 0 heterocycles. The lowest BCUT2D eigenvalue weighted by Crippen LogP contribution is -2.00. The van der Waals surface area contributed by atoms with Crippen molar-refractivity contribution in [3.8, 4) is 0 Å². The second kappa shape index (κ2) is 5.90. The molecule has 18 heavy (non-hydrogen) atoms. The molecule has 100 valence electrons.